The number of benzene rings is 1. The Labute approximate surface area is 102 Å². The molecule has 1 aromatic carbocycles. The van der Waals surface area contributed by atoms with E-state index in [1.807, 2.05) is 0 Å². The topological polar surface area (TPSA) is 19.0 Å². The Bertz CT molecular complexity index is 616. The minimum absolute atomic E-state index is 0.106. The van der Waals surface area contributed by atoms with Gasteiger partial charge in [-0.05, 0) is 26.1 Å². The summed E-state index contributed by atoms with van der Waals surface area (Å²) in [5, 5.41) is 1.29. The van der Waals surface area contributed by atoms with E-state index >= 15 is 0 Å². The zero-order chi connectivity index (χ0) is 12.0. The van der Waals surface area contributed by atoms with Crippen molar-refractivity contribution in [3.05, 3.63) is 35.0 Å². The fraction of sp³-hybridized carbons (Fsp3) is 0.333. The lowest BCUT2D eigenvalue weighted by Gasteiger charge is -2.29. The molecule has 0 saturated heterocycles. The summed E-state index contributed by atoms with van der Waals surface area (Å²) >= 11 is 0. The predicted molar refractivity (Wildman–Crippen MR) is 70.9 cm³/mol. The summed E-state index contributed by atoms with van der Waals surface area (Å²) in [4.78, 5) is 5.75. The van der Waals surface area contributed by atoms with Crippen molar-refractivity contribution in [3.63, 3.8) is 0 Å². The van der Waals surface area contributed by atoms with Crippen LogP contribution in [0, 0.1) is 19.3 Å². The van der Waals surface area contributed by atoms with Gasteiger partial charge >= 0.3 is 0 Å². The minimum atomic E-state index is 0.106. The highest BCUT2D eigenvalue weighted by atomic mass is 15.1. The van der Waals surface area contributed by atoms with Crippen molar-refractivity contribution in [3.8, 4) is 12.3 Å². The summed E-state index contributed by atoms with van der Waals surface area (Å²) in [5.74, 6) is 2.91. The summed E-state index contributed by atoms with van der Waals surface area (Å²) in [6.07, 6.45) is 6.74. The first kappa shape index (κ1) is 10.4. The van der Waals surface area contributed by atoms with Gasteiger partial charge in [0.1, 0.15) is 0 Å². The highest BCUT2D eigenvalue weighted by Gasteiger charge is 2.26. The number of hydrogen-bond acceptors (Lipinski definition) is 1. The number of fused-ring (bicyclic) bond motifs is 3. The first-order chi connectivity index (χ1) is 8.20. The van der Waals surface area contributed by atoms with Gasteiger partial charge < -0.3 is 4.98 Å². The molecule has 2 heterocycles. The maximum Gasteiger partial charge on any atom is 0.0989 e. The number of nitrogens with one attached hydrogen (secondary N) is 1. The van der Waals surface area contributed by atoms with Crippen molar-refractivity contribution in [2.24, 2.45) is 0 Å². The molecule has 86 valence electrons. The van der Waals surface area contributed by atoms with Crippen LogP contribution in [-0.4, -0.2) is 23.5 Å². The minimum Gasteiger partial charge on any atom is -0.358 e. The van der Waals surface area contributed by atoms with Crippen LogP contribution in [0.1, 0.15) is 22.9 Å². The first-order valence-corrected chi connectivity index (χ1v) is 5.98. The number of aromatic nitrogens is 1. The molecule has 1 aromatic heterocycles. The van der Waals surface area contributed by atoms with E-state index in [-0.39, 0.29) is 6.04 Å². The molecule has 0 spiro atoms. The van der Waals surface area contributed by atoms with E-state index in [4.69, 9.17) is 6.42 Å². The average molecular weight is 224 g/mol. The first-order valence-electron chi connectivity index (χ1n) is 5.98. The van der Waals surface area contributed by atoms with Crippen LogP contribution in [0.25, 0.3) is 10.9 Å². The van der Waals surface area contributed by atoms with E-state index in [0.717, 1.165) is 13.0 Å². The summed E-state index contributed by atoms with van der Waals surface area (Å²) in [5.41, 5.74) is 5.10. The maximum absolute atomic E-state index is 5.69. The molecule has 0 radical (unpaired) electrons. The van der Waals surface area contributed by atoms with E-state index < -0.39 is 0 Å². The van der Waals surface area contributed by atoms with E-state index in [9.17, 15) is 0 Å². The van der Waals surface area contributed by atoms with Crippen LogP contribution in [0.3, 0.4) is 0 Å². The van der Waals surface area contributed by atoms with Crippen LogP contribution < -0.4 is 0 Å². The molecule has 0 amide bonds. The Morgan fingerprint density at radius 2 is 2.29 bits per heavy atom. The van der Waals surface area contributed by atoms with Gasteiger partial charge in [0.2, 0.25) is 0 Å². The molecule has 1 N–H and O–H groups in total. The number of hydrogen-bond donors (Lipinski definition) is 1. The van der Waals surface area contributed by atoms with Crippen molar-refractivity contribution in [2.75, 3.05) is 13.6 Å². The molecule has 0 saturated carbocycles. The molecular formula is C15H16N2. The second-order valence-corrected chi connectivity index (χ2v) is 4.87. The van der Waals surface area contributed by atoms with Gasteiger partial charge in [-0.25, -0.2) is 0 Å². The Balaban J connectivity index is 2.31. The average Bonchev–Trinajstić information content (AvgIpc) is 2.67. The lowest BCUT2D eigenvalue weighted by molar-refractivity contribution is 0.280. The van der Waals surface area contributed by atoms with Crippen molar-refractivity contribution in [1.82, 2.24) is 9.88 Å². The summed E-state index contributed by atoms with van der Waals surface area (Å²) < 4.78 is 0. The molecular weight excluding hydrogens is 208 g/mol. The van der Waals surface area contributed by atoms with Crippen molar-refractivity contribution in [1.29, 1.82) is 0 Å². The quantitative estimate of drug-likeness (QED) is 0.682. The Morgan fingerprint density at radius 1 is 1.47 bits per heavy atom. The largest absolute Gasteiger partial charge is 0.358 e. The molecule has 3 rings (SSSR count). The van der Waals surface area contributed by atoms with Crippen molar-refractivity contribution in [2.45, 2.75) is 19.4 Å². The van der Waals surface area contributed by atoms with E-state index in [1.54, 1.807) is 0 Å². The molecule has 1 aliphatic rings. The number of aryl methyl sites for hydroxylation is 1. The molecule has 1 aliphatic heterocycles. The van der Waals surface area contributed by atoms with Gasteiger partial charge in [0.25, 0.3) is 0 Å². The normalized spacial score (nSPS) is 20.2. The van der Waals surface area contributed by atoms with E-state index in [1.165, 1.54) is 27.7 Å². The second-order valence-electron chi connectivity index (χ2n) is 4.87. The van der Waals surface area contributed by atoms with Gasteiger partial charge in [0, 0.05) is 35.1 Å². The summed E-state index contributed by atoms with van der Waals surface area (Å²) in [6, 6.07) is 6.62. The third-order valence-corrected chi connectivity index (χ3v) is 3.66. The van der Waals surface area contributed by atoms with Crippen LogP contribution >= 0.6 is 0 Å². The molecule has 0 bridgehead atoms. The van der Waals surface area contributed by atoms with Crippen LogP contribution in [0.5, 0.6) is 0 Å². The monoisotopic (exact) mass is 224 g/mol. The van der Waals surface area contributed by atoms with Gasteiger partial charge in [-0.3, -0.25) is 4.90 Å². The predicted octanol–water partition coefficient (Wildman–Crippen LogP) is 2.64. The van der Waals surface area contributed by atoms with E-state index in [0.29, 0.717) is 0 Å². The zero-order valence-electron chi connectivity index (χ0n) is 10.2. The number of H-pyrrole nitrogens is 1. The van der Waals surface area contributed by atoms with Gasteiger partial charge in [0.05, 0.1) is 6.04 Å². The van der Waals surface area contributed by atoms with Crippen LogP contribution in [0.15, 0.2) is 18.2 Å². The number of terminal acetylenes is 1. The van der Waals surface area contributed by atoms with Crippen LogP contribution in [-0.2, 0) is 6.42 Å². The Hall–Kier alpha value is -1.72. The van der Waals surface area contributed by atoms with Crippen molar-refractivity contribution < 1.29 is 0 Å². The van der Waals surface area contributed by atoms with Crippen LogP contribution in [0.2, 0.25) is 0 Å². The molecule has 0 aliphatic carbocycles. The van der Waals surface area contributed by atoms with Crippen molar-refractivity contribution >= 4 is 10.9 Å². The number of aromatic amines is 1. The lowest BCUT2D eigenvalue weighted by Crippen LogP contribution is -2.30. The van der Waals surface area contributed by atoms with Crippen LogP contribution in [0.4, 0.5) is 0 Å². The van der Waals surface area contributed by atoms with Gasteiger partial charge in [0.15, 0.2) is 0 Å². The Morgan fingerprint density at radius 3 is 3.06 bits per heavy atom. The number of likely N-dealkylation sites (N-methyl/N-ethyl adjacent to an activating group) is 1. The fourth-order valence-electron chi connectivity index (χ4n) is 2.74. The van der Waals surface area contributed by atoms with Gasteiger partial charge in [-0.1, -0.05) is 17.6 Å². The molecule has 1 unspecified atom stereocenters. The Kier molecular flexibility index (Phi) is 2.24. The number of rotatable bonds is 0. The smallest absolute Gasteiger partial charge is 0.0989 e. The van der Waals surface area contributed by atoms with E-state index in [2.05, 4.69) is 48.0 Å². The lowest BCUT2D eigenvalue weighted by atomic mass is 9.96. The summed E-state index contributed by atoms with van der Waals surface area (Å²) in [6.45, 7) is 3.14. The standard InChI is InChI=1S/C15H16N2/c1-4-14-15-11-9-10(2)5-6-12(11)16-13(15)7-8-17(14)3/h1,5-6,9,14,16H,7-8H2,2-3H3. The third-order valence-electron chi connectivity index (χ3n) is 3.66. The SMILES string of the molecule is C#CC1c2c([nH]c3ccc(C)cc23)CCN1C. The molecule has 2 nitrogen and oxygen atoms in total. The highest BCUT2D eigenvalue weighted by molar-refractivity contribution is 5.86. The third kappa shape index (κ3) is 1.47. The second kappa shape index (κ2) is 3.65. The molecule has 1 atom stereocenters. The molecule has 2 heteroatoms. The molecule has 0 fully saturated rings. The van der Waals surface area contributed by atoms with Gasteiger partial charge in [-0.2, -0.15) is 0 Å². The van der Waals surface area contributed by atoms with Gasteiger partial charge in [-0.15, -0.1) is 6.42 Å². The fourth-order valence-corrected chi connectivity index (χ4v) is 2.74. The summed E-state index contributed by atoms with van der Waals surface area (Å²) in [7, 11) is 2.10. The number of nitrogens with zero attached hydrogens (tertiary/aromatic N) is 1. The molecule has 17 heavy (non-hydrogen) atoms. The molecule has 2 aromatic rings. The highest BCUT2D eigenvalue weighted by Crippen LogP contribution is 2.34. The maximum atomic E-state index is 5.69. The zero-order valence-corrected chi connectivity index (χ0v) is 10.2.